The van der Waals surface area contributed by atoms with Crippen LogP contribution in [0.4, 0.5) is 0 Å². The fourth-order valence-electron chi connectivity index (χ4n) is 0. The predicted octanol–water partition coefficient (Wildman–Crippen LogP) is -2.38. The molecule has 0 saturated carbocycles. The van der Waals surface area contributed by atoms with Crippen LogP contribution in [0.2, 0.25) is 0 Å². The van der Waals surface area contributed by atoms with E-state index >= 15 is 0 Å². The van der Waals surface area contributed by atoms with E-state index in [1.54, 1.807) is 0 Å². The van der Waals surface area contributed by atoms with Crippen LogP contribution in [0.5, 0.6) is 0 Å². The van der Waals surface area contributed by atoms with Gasteiger partial charge in [0.2, 0.25) is 0 Å². The van der Waals surface area contributed by atoms with Gasteiger partial charge in [-0.15, -0.1) is 0 Å². The summed E-state index contributed by atoms with van der Waals surface area (Å²) in [5.74, 6) is 0. The molecule has 0 aliphatic carbocycles. The molecule has 0 saturated heterocycles. The normalized spacial score (nSPS) is 7.50. The largest absolute Gasteiger partial charge is 1.00 e. The Morgan fingerprint density at radius 2 is 1.00 bits per heavy atom. The van der Waals surface area contributed by atoms with Gasteiger partial charge in [-0.1, -0.05) is 8.41 Å². The zero-order chi connectivity index (χ0) is 3.58. The summed E-state index contributed by atoms with van der Waals surface area (Å²) < 4.78 is 0. The van der Waals surface area contributed by atoms with Crippen molar-refractivity contribution in [1.29, 1.82) is 0 Å². The molecule has 0 bridgehead atoms. The molecule has 0 aromatic heterocycles. The minimum Gasteiger partial charge on any atom is 1.00 e. The monoisotopic (exact) mass is 199 g/mol. The van der Waals surface area contributed by atoms with Gasteiger partial charge >= 0.3 is 71.0 Å². The second kappa shape index (κ2) is 10.4. The summed E-state index contributed by atoms with van der Waals surface area (Å²) in [5.41, 5.74) is 0. The first-order chi connectivity index (χ1) is 1.73. The first-order valence-electron chi connectivity index (χ1n) is 0.401. The molecule has 37 valence electrons. The summed E-state index contributed by atoms with van der Waals surface area (Å²) in [6.07, 6.45) is 0. The van der Waals surface area contributed by atoms with E-state index in [1.165, 1.54) is 0 Å². The Hall–Kier alpha value is 2.45. The van der Waals surface area contributed by atoms with Gasteiger partial charge < -0.3 is 0 Å². The first kappa shape index (κ1) is 15.8. The Balaban J connectivity index is -0.0000000450. The number of halogens is 3. The van der Waals surface area contributed by atoms with Crippen molar-refractivity contribution >= 4 is 38.7 Å². The van der Waals surface area contributed by atoms with Crippen LogP contribution in [-0.4, -0.2) is 8.41 Å². The van der Waals surface area contributed by atoms with Crippen molar-refractivity contribution in [2.24, 2.45) is 0 Å². The number of hydrogen-bond acceptors (Lipinski definition) is 0. The molecule has 0 aromatic rings. The van der Waals surface area contributed by atoms with Gasteiger partial charge in [-0.2, -0.15) is 0 Å². The van der Waals surface area contributed by atoms with Crippen molar-refractivity contribution in [1.82, 2.24) is 0 Å². The zero-order valence-electron chi connectivity index (χ0n) is 2.49. The van der Waals surface area contributed by atoms with E-state index in [2.05, 4.69) is 0 Å². The van der Waals surface area contributed by atoms with E-state index in [0.717, 1.165) is 0 Å². The van der Waals surface area contributed by atoms with E-state index in [-0.39, 0.29) is 38.0 Å². The van der Waals surface area contributed by atoms with Crippen molar-refractivity contribution in [3.05, 3.63) is 0 Å². The first-order valence-corrected chi connectivity index (χ1v) is 4.96. The summed E-state index contributed by atoms with van der Waals surface area (Å²) >= 11 is -1.33. The molecule has 0 amide bonds. The summed E-state index contributed by atoms with van der Waals surface area (Å²) in [5, 5.41) is 0. The Morgan fingerprint density at radius 1 is 1.00 bits per heavy atom. The third kappa shape index (κ3) is 31.9. The molecule has 0 atom stereocenters. The third-order valence-electron chi connectivity index (χ3n) is 0. The van der Waals surface area contributed by atoms with Gasteiger partial charge in [0.05, 0.1) is 0 Å². The minimum absolute atomic E-state index is 0. The molecule has 0 aromatic carbocycles. The van der Waals surface area contributed by atoms with Gasteiger partial charge in [0.1, 0.15) is 0 Å². The quantitative estimate of drug-likeness (QED) is 0.383. The fraction of sp³-hybridized carbons (Fsp3) is 0. The third-order valence-corrected chi connectivity index (χ3v) is 0. The van der Waals surface area contributed by atoms with Crippen LogP contribution < -0.4 is 29.6 Å². The summed E-state index contributed by atoms with van der Waals surface area (Å²) in [6.45, 7) is 0. The number of rotatable bonds is 0. The van der Waals surface area contributed by atoms with Crippen LogP contribution >= 0.6 is 30.3 Å². The molecule has 6 heteroatoms. The van der Waals surface area contributed by atoms with Gasteiger partial charge in [0, 0.05) is 0 Å². The van der Waals surface area contributed by atoms with Gasteiger partial charge in [0.25, 0.3) is 0 Å². The maximum atomic E-state index is 4.89. The van der Waals surface area contributed by atoms with Crippen LogP contribution in [0.3, 0.4) is 0 Å². The Morgan fingerprint density at radius 3 is 1.00 bits per heavy atom. The van der Waals surface area contributed by atoms with Gasteiger partial charge in [-0.05, 0) is 0 Å². The fourth-order valence-corrected chi connectivity index (χ4v) is 0. The molecule has 0 N–H and O–H groups in total. The van der Waals surface area contributed by atoms with Gasteiger partial charge in [-0.25, -0.2) is 0 Å². The van der Waals surface area contributed by atoms with Gasteiger partial charge in [-0.3, -0.25) is 0 Å². The van der Waals surface area contributed by atoms with Crippen molar-refractivity contribution in [3.8, 4) is 0 Å². The van der Waals surface area contributed by atoms with E-state index in [1.807, 2.05) is 0 Å². The summed E-state index contributed by atoms with van der Waals surface area (Å²) in [4.78, 5) is 0. The van der Waals surface area contributed by atoms with Gasteiger partial charge in [0.15, 0.2) is 0 Å². The SMILES string of the molecule is [BH4-].[Cl][Fe]([Cl])[Cl].[Na+]. The van der Waals surface area contributed by atoms with Crippen LogP contribution in [-0.2, 0) is 11.2 Å². The molecule has 0 heterocycles. The molecule has 0 radical (unpaired) electrons. The summed E-state index contributed by atoms with van der Waals surface area (Å²) in [7, 11) is 14.7. The van der Waals surface area contributed by atoms with E-state index in [4.69, 9.17) is 30.3 Å². The standard InChI is InChI=1S/BH4.3ClH.Fe.Na/h1H4;3*1H;;/q-1;;;;+3;+1/p-3. The summed E-state index contributed by atoms with van der Waals surface area (Å²) in [6, 6.07) is 0. The molecular weight excluding hydrogens is 196 g/mol. The maximum absolute atomic E-state index is 4.89. The van der Waals surface area contributed by atoms with Crippen molar-refractivity contribution in [2.45, 2.75) is 0 Å². The Kier molecular flexibility index (Phi) is 27.5. The molecule has 0 unspecified atom stereocenters. The average Bonchev–Trinajstić information content (AvgIpc) is 0.811. The average molecular weight is 200 g/mol. The van der Waals surface area contributed by atoms with Crippen LogP contribution in [0.1, 0.15) is 0 Å². The topological polar surface area (TPSA) is 0 Å². The van der Waals surface area contributed by atoms with Crippen molar-refractivity contribution in [2.75, 3.05) is 0 Å². The van der Waals surface area contributed by atoms with E-state index in [9.17, 15) is 0 Å². The maximum Gasteiger partial charge on any atom is 1.00 e. The zero-order valence-corrected chi connectivity index (χ0v) is 7.86. The Labute approximate surface area is 78.3 Å². The van der Waals surface area contributed by atoms with Crippen LogP contribution in [0, 0.1) is 0 Å². The van der Waals surface area contributed by atoms with Crippen molar-refractivity contribution < 1.29 is 40.7 Å². The molecule has 0 aliphatic rings. The molecule has 0 spiro atoms. The molecular formula is H4BCl3FeNa. The second-order valence-corrected chi connectivity index (χ2v) is 5.62. The minimum atomic E-state index is -1.33. The molecule has 6 heavy (non-hydrogen) atoms. The second-order valence-electron chi connectivity index (χ2n) is 0.152. The van der Waals surface area contributed by atoms with Crippen LogP contribution in [0.25, 0.3) is 0 Å². The molecule has 0 rings (SSSR count). The molecule has 0 fully saturated rings. The number of hydrogen-bond donors (Lipinski definition) is 0. The predicted molar refractivity (Wildman–Crippen MR) is 28.9 cm³/mol. The Bertz CT molecular complexity index is 15.5. The molecule has 0 nitrogen and oxygen atoms in total. The van der Waals surface area contributed by atoms with Crippen molar-refractivity contribution in [3.63, 3.8) is 0 Å². The smallest absolute Gasteiger partial charge is 1.00 e. The van der Waals surface area contributed by atoms with Crippen LogP contribution in [0.15, 0.2) is 0 Å². The van der Waals surface area contributed by atoms with E-state index in [0.29, 0.717) is 0 Å². The molecule has 0 aliphatic heterocycles. The van der Waals surface area contributed by atoms with E-state index < -0.39 is 11.2 Å².